The highest BCUT2D eigenvalue weighted by Crippen LogP contribution is 2.32. The lowest BCUT2D eigenvalue weighted by Gasteiger charge is -2.26. The summed E-state index contributed by atoms with van der Waals surface area (Å²) >= 11 is 0. The molecule has 1 aliphatic rings. The van der Waals surface area contributed by atoms with Crippen molar-refractivity contribution in [3.8, 4) is 11.1 Å². The number of nitrogens with zero attached hydrogens (tertiary/aromatic N) is 3. The predicted octanol–water partition coefficient (Wildman–Crippen LogP) is 3.22. The molecular formula is C18H23N3O2. The first-order valence-corrected chi connectivity index (χ1v) is 8.20. The molecule has 0 aliphatic heterocycles. The Labute approximate surface area is 136 Å². The molecule has 2 aromatic heterocycles. The van der Waals surface area contributed by atoms with Gasteiger partial charge in [0.2, 0.25) is 0 Å². The van der Waals surface area contributed by atoms with E-state index in [2.05, 4.69) is 16.1 Å². The van der Waals surface area contributed by atoms with E-state index >= 15 is 0 Å². The van der Waals surface area contributed by atoms with Crippen molar-refractivity contribution in [1.29, 1.82) is 0 Å². The normalized spacial score (nSPS) is 21.3. The van der Waals surface area contributed by atoms with Crippen molar-refractivity contribution in [2.24, 2.45) is 18.9 Å². The lowest BCUT2D eigenvalue weighted by molar-refractivity contribution is -0.143. The summed E-state index contributed by atoms with van der Waals surface area (Å²) in [7, 11) is 1.93. The molecule has 2 aromatic rings. The van der Waals surface area contributed by atoms with Crippen molar-refractivity contribution in [1.82, 2.24) is 14.8 Å². The summed E-state index contributed by atoms with van der Waals surface area (Å²) in [6.45, 7) is 2.01. The third kappa shape index (κ3) is 3.60. The number of carboxylic acid groups (broad SMARTS) is 1. The first kappa shape index (κ1) is 15.7. The number of aryl methyl sites for hydroxylation is 2. The molecule has 5 heteroatoms. The number of hydrogen-bond acceptors (Lipinski definition) is 3. The van der Waals surface area contributed by atoms with Crippen LogP contribution in [0.15, 0.2) is 24.7 Å². The molecular weight excluding hydrogens is 290 g/mol. The molecule has 0 radical (unpaired) electrons. The SMILES string of the molecule is Cc1nn(C)cc1-c1cncc(CC2CCC(C(=O)O)CC2)c1. The Morgan fingerprint density at radius 2 is 2.04 bits per heavy atom. The van der Waals surface area contributed by atoms with Crippen molar-refractivity contribution in [3.63, 3.8) is 0 Å². The van der Waals surface area contributed by atoms with Gasteiger partial charge in [-0.05, 0) is 56.6 Å². The fourth-order valence-corrected chi connectivity index (χ4v) is 3.58. The topological polar surface area (TPSA) is 68.0 Å². The lowest BCUT2D eigenvalue weighted by Crippen LogP contribution is -2.22. The number of carboxylic acids is 1. The molecule has 0 aromatic carbocycles. The molecule has 0 atom stereocenters. The summed E-state index contributed by atoms with van der Waals surface area (Å²) < 4.78 is 1.82. The Kier molecular flexibility index (Phi) is 4.46. The second kappa shape index (κ2) is 6.52. The number of aliphatic carboxylic acids is 1. The van der Waals surface area contributed by atoms with Gasteiger partial charge in [0.25, 0.3) is 0 Å². The van der Waals surface area contributed by atoms with E-state index in [1.165, 1.54) is 5.56 Å². The van der Waals surface area contributed by atoms with E-state index in [0.717, 1.165) is 48.9 Å². The molecule has 2 heterocycles. The molecule has 0 bridgehead atoms. The van der Waals surface area contributed by atoms with Gasteiger partial charge in [-0.3, -0.25) is 14.5 Å². The van der Waals surface area contributed by atoms with Crippen LogP contribution in [-0.4, -0.2) is 25.8 Å². The zero-order chi connectivity index (χ0) is 16.4. The second-order valence-electron chi connectivity index (χ2n) is 6.64. The molecule has 3 rings (SSSR count). The molecule has 0 saturated heterocycles. The number of aromatic nitrogens is 3. The number of carbonyl (C=O) groups is 1. The van der Waals surface area contributed by atoms with Gasteiger partial charge in [-0.15, -0.1) is 0 Å². The maximum Gasteiger partial charge on any atom is 0.306 e. The molecule has 23 heavy (non-hydrogen) atoms. The van der Waals surface area contributed by atoms with Crippen LogP contribution >= 0.6 is 0 Å². The lowest BCUT2D eigenvalue weighted by atomic mass is 9.79. The Hall–Kier alpha value is -2.17. The van der Waals surface area contributed by atoms with Gasteiger partial charge in [-0.1, -0.05) is 0 Å². The standard InChI is InChI=1S/C18H23N3O2/c1-12-17(11-21(2)20-12)16-8-14(9-19-10-16)7-13-3-5-15(6-4-13)18(22)23/h8-11,13,15H,3-7H2,1-2H3,(H,22,23). The summed E-state index contributed by atoms with van der Waals surface area (Å²) in [4.78, 5) is 15.4. The Morgan fingerprint density at radius 3 is 2.65 bits per heavy atom. The highest BCUT2D eigenvalue weighted by Gasteiger charge is 2.26. The quantitative estimate of drug-likeness (QED) is 0.941. The third-order valence-corrected chi connectivity index (χ3v) is 4.84. The average Bonchev–Trinajstić information content (AvgIpc) is 2.87. The van der Waals surface area contributed by atoms with Crippen LogP contribution in [0.4, 0.5) is 0 Å². The number of rotatable bonds is 4. The summed E-state index contributed by atoms with van der Waals surface area (Å²) in [6, 6.07) is 2.19. The van der Waals surface area contributed by atoms with Crippen molar-refractivity contribution >= 4 is 5.97 Å². The minimum absolute atomic E-state index is 0.145. The summed E-state index contributed by atoms with van der Waals surface area (Å²) in [5.41, 5.74) is 4.46. The zero-order valence-corrected chi connectivity index (χ0v) is 13.7. The highest BCUT2D eigenvalue weighted by molar-refractivity contribution is 5.70. The summed E-state index contributed by atoms with van der Waals surface area (Å²) in [6.07, 6.45) is 10.4. The summed E-state index contributed by atoms with van der Waals surface area (Å²) in [5, 5.41) is 13.5. The van der Waals surface area contributed by atoms with Crippen LogP contribution < -0.4 is 0 Å². The summed E-state index contributed by atoms with van der Waals surface area (Å²) in [5.74, 6) is -0.217. The van der Waals surface area contributed by atoms with E-state index < -0.39 is 5.97 Å². The van der Waals surface area contributed by atoms with E-state index in [9.17, 15) is 4.79 Å². The van der Waals surface area contributed by atoms with Crippen LogP contribution in [0.1, 0.15) is 36.9 Å². The fourth-order valence-electron chi connectivity index (χ4n) is 3.58. The fraction of sp³-hybridized carbons (Fsp3) is 0.500. The maximum atomic E-state index is 11.0. The van der Waals surface area contributed by atoms with E-state index in [1.54, 1.807) is 0 Å². The Morgan fingerprint density at radius 1 is 1.30 bits per heavy atom. The van der Waals surface area contributed by atoms with Gasteiger partial charge in [-0.25, -0.2) is 0 Å². The van der Waals surface area contributed by atoms with Gasteiger partial charge in [-0.2, -0.15) is 5.10 Å². The van der Waals surface area contributed by atoms with Crippen LogP contribution in [0.25, 0.3) is 11.1 Å². The maximum absolute atomic E-state index is 11.0. The van der Waals surface area contributed by atoms with Crippen LogP contribution in [-0.2, 0) is 18.3 Å². The van der Waals surface area contributed by atoms with E-state index in [0.29, 0.717) is 5.92 Å². The Balaban J connectivity index is 1.69. The zero-order valence-electron chi connectivity index (χ0n) is 13.7. The monoisotopic (exact) mass is 313 g/mol. The number of pyridine rings is 1. The molecule has 122 valence electrons. The first-order chi connectivity index (χ1) is 11.0. The van der Waals surface area contributed by atoms with Crippen molar-refractivity contribution in [2.75, 3.05) is 0 Å². The number of hydrogen-bond donors (Lipinski definition) is 1. The first-order valence-electron chi connectivity index (χ1n) is 8.20. The Bertz CT molecular complexity index is 700. The van der Waals surface area contributed by atoms with Gasteiger partial charge >= 0.3 is 5.97 Å². The van der Waals surface area contributed by atoms with Crippen molar-refractivity contribution in [2.45, 2.75) is 39.0 Å². The second-order valence-corrected chi connectivity index (χ2v) is 6.64. The van der Waals surface area contributed by atoms with Crippen molar-refractivity contribution < 1.29 is 9.90 Å². The minimum atomic E-state index is -0.640. The highest BCUT2D eigenvalue weighted by atomic mass is 16.4. The molecule has 0 unspecified atom stereocenters. The minimum Gasteiger partial charge on any atom is -0.481 e. The van der Waals surface area contributed by atoms with E-state index in [1.807, 2.05) is 37.2 Å². The van der Waals surface area contributed by atoms with Crippen molar-refractivity contribution in [3.05, 3.63) is 35.9 Å². The molecule has 5 nitrogen and oxygen atoms in total. The third-order valence-electron chi connectivity index (χ3n) is 4.84. The smallest absolute Gasteiger partial charge is 0.306 e. The van der Waals surface area contributed by atoms with Crippen LogP contribution in [0.2, 0.25) is 0 Å². The van der Waals surface area contributed by atoms with Crippen LogP contribution in [0.5, 0.6) is 0 Å². The van der Waals surface area contributed by atoms with Gasteiger partial charge in [0.15, 0.2) is 0 Å². The molecule has 0 spiro atoms. The van der Waals surface area contributed by atoms with Gasteiger partial charge in [0.05, 0.1) is 11.6 Å². The molecule has 1 N–H and O–H groups in total. The molecule has 1 aliphatic carbocycles. The van der Waals surface area contributed by atoms with Crippen LogP contribution in [0.3, 0.4) is 0 Å². The molecule has 0 amide bonds. The molecule has 1 fully saturated rings. The average molecular weight is 313 g/mol. The predicted molar refractivity (Wildman–Crippen MR) is 88.0 cm³/mol. The van der Waals surface area contributed by atoms with Gasteiger partial charge < -0.3 is 5.11 Å². The van der Waals surface area contributed by atoms with E-state index in [4.69, 9.17) is 5.11 Å². The van der Waals surface area contributed by atoms with E-state index in [-0.39, 0.29) is 5.92 Å². The largest absolute Gasteiger partial charge is 0.481 e. The van der Waals surface area contributed by atoms with Gasteiger partial charge in [0.1, 0.15) is 0 Å². The van der Waals surface area contributed by atoms with Crippen LogP contribution in [0, 0.1) is 18.8 Å². The van der Waals surface area contributed by atoms with Gasteiger partial charge in [0, 0.05) is 36.8 Å². The molecule has 1 saturated carbocycles.